The van der Waals surface area contributed by atoms with Gasteiger partial charge in [-0.15, -0.1) is 0 Å². The first kappa shape index (κ1) is 5.33. The van der Waals surface area contributed by atoms with E-state index in [0.29, 0.717) is 0 Å². The molecule has 0 unspecified atom stereocenters. The summed E-state index contributed by atoms with van der Waals surface area (Å²) in [7, 11) is 0. The molecule has 2 atom stereocenters. The van der Waals surface area contributed by atoms with Crippen LogP contribution in [0.4, 0.5) is 0 Å². The van der Waals surface area contributed by atoms with Crippen LogP contribution in [0.15, 0.2) is 12.3 Å². The molecule has 1 N–H and O–H groups in total. The second-order valence-corrected chi connectivity index (χ2v) is 3.08. The molecule has 0 bridgehead atoms. The molecular weight excluding hydrogens is 110 g/mol. The molecule has 0 aromatic carbocycles. The summed E-state index contributed by atoms with van der Waals surface area (Å²) in [5.41, 5.74) is 0. The molecule has 2 rings (SSSR count). The summed E-state index contributed by atoms with van der Waals surface area (Å²) in [6.45, 7) is 0. The van der Waals surface area contributed by atoms with Gasteiger partial charge in [0.1, 0.15) is 0 Å². The number of rotatable bonds is 0. The Morgan fingerprint density at radius 3 is 3.00 bits per heavy atom. The number of hydrogen-bond acceptors (Lipinski definition) is 1. The van der Waals surface area contributed by atoms with E-state index in [9.17, 15) is 0 Å². The predicted molar refractivity (Wildman–Crippen MR) is 38.0 cm³/mol. The van der Waals surface area contributed by atoms with Gasteiger partial charge in [-0.2, -0.15) is 0 Å². The molecule has 1 aliphatic carbocycles. The highest BCUT2D eigenvalue weighted by molar-refractivity contribution is 5.03. The highest BCUT2D eigenvalue weighted by Gasteiger charge is 2.24. The standard InChI is InChI=1S/C8H13N/c1-2-4-8-7(3-1)5-6-9-8/h5-9H,1-4H2/t7-,8-/m1/s1. The fourth-order valence-corrected chi connectivity index (χ4v) is 1.90. The maximum atomic E-state index is 3.38. The molecule has 0 aromatic rings. The molecule has 50 valence electrons. The zero-order valence-electron chi connectivity index (χ0n) is 5.64. The van der Waals surface area contributed by atoms with Gasteiger partial charge in [0.15, 0.2) is 0 Å². The van der Waals surface area contributed by atoms with Crippen LogP contribution in [-0.4, -0.2) is 6.04 Å². The minimum atomic E-state index is 0.804. The van der Waals surface area contributed by atoms with Crippen molar-refractivity contribution in [1.29, 1.82) is 0 Å². The average Bonchev–Trinajstić information content (AvgIpc) is 2.33. The third kappa shape index (κ3) is 0.846. The van der Waals surface area contributed by atoms with Crippen LogP contribution in [0.5, 0.6) is 0 Å². The monoisotopic (exact) mass is 123 g/mol. The Morgan fingerprint density at radius 1 is 1.22 bits per heavy atom. The molecule has 0 radical (unpaired) electrons. The van der Waals surface area contributed by atoms with E-state index in [4.69, 9.17) is 0 Å². The first-order valence-corrected chi connectivity index (χ1v) is 3.89. The van der Waals surface area contributed by atoms with E-state index >= 15 is 0 Å². The van der Waals surface area contributed by atoms with Gasteiger partial charge >= 0.3 is 0 Å². The van der Waals surface area contributed by atoms with Crippen molar-refractivity contribution in [3.8, 4) is 0 Å². The number of nitrogens with one attached hydrogen (secondary N) is 1. The summed E-state index contributed by atoms with van der Waals surface area (Å²) in [5, 5.41) is 3.38. The molecule has 1 fully saturated rings. The highest BCUT2D eigenvalue weighted by atomic mass is 14.9. The third-order valence-electron chi connectivity index (χ3n) is 2.47. The summed E-state index contributed by atoms with van der Waals surface area (Å²) >= 11 is 0. The molecule has 0 aromatic heterocycles. The summed E-state index contributed by atoms with van der Waals surface area (Å²) in [6.07, 6.45) is 10.1. The Kier molecular flexibility index (Phi) is 1.22. The smallest absolute Gasteiger partial charge is 0.0319 e. The second kappa shape index (κ2) is 2.05. The van der Waals surface area contributed by atoms with Crippen molar-refractivity contribution < 1.29 is 0 Å². The minimum Gasteiger partial charge on any atom is -0.388 e. The van der Waals surface area contributed by atoms with Crippen LogP contribution in [0.2, 0.25) is 0 Å². The molecule has 0 amide bonds. The lowest BCUT2D eigenvalue weighted by atomic mass is 9.86. The largest absolute Gasteiger partial charge is 0.388 e. The van der Waals surface area contributed by atoms with Crippen LogP contribution in [0.25, 0.3) is 0 Å². The highest BCUT2D eigenvalue weighted by Crippen LogP contribution is 2.27. The van der Waals surface area contributed by atoms with Crippen molar-refractivity contribution in [2.24, 2.45) is 5.92 Å². The lowest BCUT2D eigenvalue weighted by molar-refractivity contribution is 0.351. The first-order chi connectivity index (χ1) is 4.47. The summed E-state index contributed by atoms with van der Waals surface area (Å²) in [4.78, 5) is 0. The van der Waals surface area contributed by atoms with Crippen molar-refractivity contribution in [2.75, 3.05) is 0 Å². The van der Waals surface area contributed by atoms with Gasteiger partial charge < -0.3 is 5.32 Å². The summed E-state index contributed by atoms with van der Waals surface area (Å²) in [6, 6.07) is 0.804. The van der Waals surface area contributed by atoms with Crippen LogP contribution in [0, 0.1) is 5.92 Å². The lowest BCUT2D eigenvalue weighted by Gasteiger charge is -2.24. The Morgan fingerprint density at radius 2 is 2.11 bits per heavy atom. The lowest BCUT2D eigenvalue weighted by Crippen LogP contribution is -2.29. The Bertz CT molecular complexity index is 129. The fourth-order valence-electron chi connectivity index (χ4n) is 1.90. The molecule has 9 heavy (non-hydrogen) atoms. The molecule has 1 saturated carbocycles. The molecule has 1 nitrogen and oxygen atoms in total. The zero-order chi connectivity index (χ0) is 6.10. The van der Waals surface area contributed by atoms with Gasteiger partial charge in [-0.3, -0.25) is 0 Å². The quantitative estimate of drug-likeness (QED) is 0.516. The number of fused-ring (bicyclic) bond motifs is 1. The molecule has 0 spiro atoms. The van der Waals surface area contributed by atoms with Crippen molar-refractivity contribution in [3.63, 3.8) is 0 Å². The predicted octanol–water partition coefficient (Wildman–Crippen LogP) is 1.66. The van der Waals surface area contributed by atoms with E-state index < -0.39 is 0 Å². The maximum Gasteiger partial charge on any atom is 0.0319 e. The third-order valence-corrected chi connectivity index (χ3v) is 2.47. The van der Waals surface area contributed by atoms with E-state index in [2.05, 4.69) is 17.6 Å². The van der Waals surface area contributed by atoms with Crippen molar-refractivity contribution in [1.82, 2.24) is 5.32 Å². The van der Waals surface area contributed by atoms with Gasteiger partial charge in [0.05, 0.1) is 0 Å². The fraction of sp³-hybridized carbons (Fsp3) is 0.750. The van der Waals surface area contributed by atoms with Crippen molar-refractivity contribution in [3.05, 3.63) is 12.3 Å². The van der Waals surface area contributed by atoms with E-state index in [1.807, 2.05) is 0 Å². The van der Waals surface area contributed by atoms with E-state index in [1.165, 1.54) is 25.7 Å². The van der Waals surface area contributed by atoms with Crippen molar-refractivity contribution >= 4 is 0 Å². The molecule has 1 heterocycles. The van der Waals surface area contributed by atoms with Crippen LogP contribution >= 0.6 is 0 Å². The molecule has 1 aliphatic heterocycles. The van der Waals surface area contributed by atoms with E-state index in [-0.39, 0.29) is 0 Å². The average molecular weight is 123 g/mol. The van der Waals surface area contributed by atoms with E-state index in [1.54, 1.807) is 0 Å². The Balaban J connectivity index is 2.03. The first-order valence-electron chi connectivity index (χ1n) is 3.89. The zero-order valence-corrected chi connectivity index (χ0v) is 5.64. The van der Waals surface area contributed by atoms with Gasteiger partial charge in [0.2, 0.25) is 0 Å². The normalized spacial score (nSPS) is 40.0. The van der Waals surface area contributed by atoms with Gasteiger partial charge in [-0.05, 0) is 25.0 Å². The van der Waals surface area contributed by atoms with Crippen LogP contribution in [-0.2, 0) is 0 Å². The topological polar surface area (TPSA) is 12.0 Å². The molecule has 1 heteroatoms. The second-order valence-electron chi connectivity index (χ2n) is 3.08. The molecule has 0 saturated heterocycles. The van der Waals surface area contributed by atoms with Gasteiger partial charge in [0.25, 0.3) is 0 Å². The van der Waals surface area contributed by atoms with E-state index in [0.717, 1.165) is 12.0 Å². The molecular formula is C8H13N. The van der Waals surface area contributed by atoms with Gasteiger partial charge in [-0.1, -0.05) is 18.9 Å². The maximum absolute atomic E-state index is 3.38. The van der Waals surface area contributed by atoms with Crippen LogP contribution in [0.1, 0.15) is 25.7 Å². The van der Waals surface area contributed by atoms with Gasteiger partial charge in [-0.25, -0.2) is 0 Å². The summed E-state index contributed by atoms with van der Waals surface area (Å²) in [5.74, 6) is 0.874. The minimum absolute atomic E-state index is 0.804. The molecule has 2 aliphatic rings. The SMILES string of the molecule is C1=C[C@H]2CCCC[C@H]2N1. The summed E-state index contributed by atoms with van der Waals surface area (Å²) < 4.78 is 0. The van der Waals surface area contributed by atoms with Gasteiger partial charge in [0, 0.05) is 6.04 Å². The van der Waals surface area contributed by atoms with Crippen LogP contribution < -0.4 is 5.32 Å². The van der Waals surface area contributed by atoms with Crippen molar-refractivity contribution in [2.45, 2.75) is 31.7 Å². The van der Waals surface area contributed by atoms with Crippen LogP contribution in [0.3, 0.4) is 0 Å². The Hall–Kier alpha value is -0.460. The Labute approximate surface area is 56.1 Å². The number of hydrogen-bond donors (Lipinski definition) is 1.